The SMILES string of the molecule is COc1ccc(C2=N/C(=C/c3ccc(Cl)c(Cl)c3)C(=O)O2)cc1Br. The van der Waals surface area contributed by atoms with Gasteiger partial charge in [0.15, 0.2) is 5.70 Å². The van der Waals surface area contributed by atoms with Crippen molar-refractivity contribution in [2.24, 2.45) is 4.99 Å². The van der Waals surface area contributed by atoms with E-state index in [1.807, 2.05) is 0 Å². The molecule has 24 heavy (non-hydrogen) atoms. The lowest BCUT2D eigenvalue weighted by Gasteiger charge is -2.05. The van der Waals surface area contributed by atoms with E-state index in [1.165, 1.54) is 0 Å². The maximum Gasteiger partial charge on any atom is 0.363 e. The Kier molecular flexibility index (Phi) is 4.94. The summed E-state index contributed by atoms with van der Waals surface area (Å²) >= 11 is 15.2. The molecule has 1 aliphatic rings. The molecule has 0 fully saturated rings. The summed E-state index contributed by atoms with van der Waals surface area (Å²) < 4.78 is 11.2. The molecule has 0 bridgehead atoms. The first-order chi connectivity index (χ1) is 11.5. The summed E-state index contributed by atoms with van der Waals surface area (Å²) in [5.74, 6) is 0.382. The van der Waals surface area contributed by atoms with E-state index in [2.05, 4.69) is 20.9 Å². The molecule has 2 aromatic carbocycles. The Morgan fingerprint density at radius 1 is 1.17 bits per heavy atom. The molecule has 0 spiro atoms. The van der Waals surface area contributed by atoms with Gasteiger partial charge in [-0.3, -0.25) is 0 Å². The number of hydrogen-bond acceptors (Lipinski definition) is 4. The fraction of sp³-hybridized carbons (Fsp3) is 0.0588. The number of nitrogens with zero attached hydrogens (tertiary/aromatic N) is 1. The second-order valence-corrected chi connectivity index (χ2v) is 6.53. The summed E-state index contributed by atoms with van der Waals surface area (Å²) in [4.78, 5) is 16.3. The van der Waals surface area contributed by atoms with Crippen molar-refractivity contribution in [3.05, 3.63) is 67.7 Å². The Hall–Kier alpha value is -1.82. The van der Waals surface area contributed by atoms with Gasteiger partial charge in [0.05, 0.1) is 21.6 Å². The van der Waals surface area contributed by atoms with E-state index in [0.29, 0.717) is 26.9 Å². The van der Waals surface area contributed by atoms with Crippen LogP contribution in [0.4, 0.5) is 0 Å². The third kappa shape index (κ3) is 3.48. The molecule has 1 aliphatic heterocycles. The van der Waals surface area contributed by atoms with E-state index >= 15 is 0 Å². The van der Waals surface area contributed by atoms with Crippen molar-refractivity contribution in [1.29, 1.82) is 0 Å². The second-order valence-electron chi connectivity index (χ2n) is 4.86. The molecule has 7 heteroatoms. The van der Waals surface area contributed by atoms with Gasteiger partial charge in [0.1, 0.15) is 5.75 Å². The van der Waals surface area contributed by atoms with Crippen molar-refractivity contribution in [3.63, 3.8) is 0 Å². The summed E-state index contributed by atoms with van der Waals surface area (Å²) in [5.41, 5.74) is 1.56. The number of ether oxygens (including phenoxy) is 2. The zero-order valence-corrected chi connectivity index (χ0v) is 15.4. The predicted octanol–water partition coefficient (Wildman–Crippen LogP) is 5.11. The van der Waals surface area contributed by atoms with Gasteiger partial charge in [0.2, 0.25) is 5.90 Å². The number of hydrogen-bond donors (Lipinski definition) is 0. The zero-order chi connectivity index (χ0) is 17.3. The Balaban J connectivity index is 1.94. The van der Waals surface area contributed by atoms with Gasteiger partial charge < -0.3 is 9.47 Å². The van der Waals surface area contributed by atoms with Gasteiger partial charge in [-0.25, -0.2) is 9.79 Å². The molecular weight excluding hydrogens is 417 g/mol. The van der Waals surface area contributed by atoms with Crippen molar-refractivity contribution in [2.75, 3.05) is 7.11 Å². The summed E-state index contributed by atoms with van der Waals surface area (Å²) in [6, 6.07) is 10.3. The van der Waals surface area contributed by atoms with Crippen LogP contribution >= 0.6 is 39.1 Å². The number of carbonyl (C=O) groups excluding carboxylic acids is 1. The number of cyclic esters (lactones) is 1. The molecule has 0 atom stereocenters. The number of aliphatic imine (C=N–C) groups is 1. The van der Waals surface area contributed by atoms with Crippen LogP contribution in [-0.2, 0) is 9.53 Å². The Morgan fingerprint density at radius 2 is 1.96 bits per heavy atom. The van der Waals surface area contributed by atoms with Gasteiger partial charge in [-0.15, -0.1) is 0 Å². The predicted molar refractivity (Wildman–Crippen MR) is 97.8 cm³/mol. The van der Waals surface area contributed by atoms with Crippen LogP contribution in [0.15, 0.2) is 51.6 Å². The van der Waals surface area contributed by atoms with E-state index < -0.39 is 5.97 Å². The van der Waals surface area contributed by atoms with Crippen LogP contribution in [-0.4, -0.2) is 19.0 Å². The highest BCUT2D eigenvalue weighted by molar-refractivity contribution is 9.10. The van der Waals surface area contributed by atoms with Gasteiger partial charge >= 0.3 is 5.97 Å². The average molecular weight is 427 g/mol. The van der Waals surface area contributed by atoms with Crippen LogP contribution in [0.2, 0.25) is 10.0 Å². The molecule has 0 amide bonds. The van der Waals surface area contributed by atoms with Crippen LogP contribution in [0.1, 0.15) is 11.1 Å². The number of methoxy groups -OCH3 is 1. The molecule has 4 nitrogen and oxygen atoms in total. The van der Waals surface area contributed by atoms with E-state index in [9.17, 15) is 4.79 Å². The highest BCUT2D eigenvalue weighted by atomic mass is 79.9. The van der Waals surface area contributed by atoms with Crippen LogP contribution in [0.25, 0.3) is 6.08 Å². The molecule has 0 aliphatic carbocycles. The lowest BCUT2D eigenvalue weighted by Crippen LogP contribution is -2.05. The summed E-state index contributed by atoms with van der Waals surface area (Å²) in [6.07, 6.45) is 1.59. The van der Waals surface area contributed by atoms with E-state index in [-0.39, 0.29) is 11.6 Å². The molecule has 0 saturated heterocycles. The summed E-state index contributed by atoms with van der Waals surface area (Å²) in [6.45, 7) is 0. The standard InChI is InChI=1S/C17H10BrCl2NO3/c1-23-15-5-3-10(8-11(15)18)16-21-14(17(22)24-16)7-9-2-4-12(19)13(20)6-9/h2-8H,1H3/b14-7+. The van der Waals surface area contributed by atoms with Gasteiger partial charge in [0.25, 0.3) is 0 Å². The van der Waals surface area contributed by atoms with Crippen molar-refractivity contribution in [2.45, 2.75) is 0 Å². The molecule has 1 heterocycles. The lowest BCUT2D eigenvalue weighted by molar-refractivity contribution is -0.129. The molecule has 2 aromatic rings. The van der Waals surface area contributed by atoms with Gasteiger partial charge in [0, 0.05) is 5.56 Å². The van der Waals surface area contributed by atoms with Crippen molar-refractivity contribution >= 4 is 57.1 Å². The van der Waals surface area contributed by atoms with Gasteiger partial charge in [-0.2, -0.15) is 0 Å². The maximum absolute atomic E-state index is 12.0. The number of esters is 1. The van der Waals surface area contributed by atoms with Gasteiger partial charge in [-0.1, -0.05) is 29.3 Å². The summed E-state index contributed by atoms with van der Waals surface area (Å²) in [7, 11) is 1.57. The normalized spacial score (nSPS) is 15.4. The second kappa shape index (κ2) is 6.97. The van der Waals surface area contributed by atoms with Crippen LogP contribution < -0.4 is 4.74 Å². The number of halogens is 3. The fourth-order valence-corrected chi connectivity index (χ4v) is 2.94. The largest absolute Gasteiger partial charge is 0.496 e. The first-order valence-electron chi connectivity index (χ1n) is 6.79. The average Bonchev–Trinajstić information content (AvgIpc) is 2.92. The van der Waals surface area contributed by atoms with Crippen molar-refractivity contribution in [1.82, 2.24) is 0 Å². The Labute approximate surface area is 156 Å². The molecule has 0 N–H and O–H groups in total. The first-order valence-corrected chi connectivity index (χ1v) is 8.34. The third-order valence-electron chi connectivity index (χ3n) is 3.27. The monoisotopic (exact) mass is 425 g/mol. The number of benzene rings is 2. The zero-order valence-electron chi connectivity index (χ0n) is 12.3. The van der Waals surface area contributed by atoms with E-state index in [1.54, 1.807) is 49.6 Å². The maximum atomic E-state index is 12.0. The van der Waals surface area contributed by atoms with Crippen molar-refractivity contribution in [3.8, 4) is 5.75 Å². The minimum atomic E-state index is -0.525. The van der Waals surface area contributed by atoms with Crippen LogP contribution in [0, 0.1) is 0 Å². The molecule has 0 unspecified atom stereocenters. The van der Waals surface area contributed by atoms with Crippen molar-refractivity contribution < 1.29 is 14.3 Å². The molecule has 122 valence electrons. The Bertz CT molecular complexity index is 893. The van der Waals surface area contributed by atoms with E-state index in [4.69, 9.17) is 32.7 Å². The van der Waals surface area contributed by atoms with Gasteiger partial charge in [-0.05, 0) is 57.9 Å². The minimum absolute atomic E-state index is 0.190. The molecule has 3 rings (SSSR count). The Morgan fingerprint density at radius 3 is 2.62 bits per heavy atom. The molecule has 0 aromatic heterocycles. The smallest absolute Gasteiger partial charge is 0.363 e. The minimum Gasteiger partial charge on any atom is -0.496 e. The number of rotatable bonds is 3. The van der Waals surface area contributed by atoms with Crippen LogP contribution in [0.5, 0.6) is 5.75 Å². The topological polar surface area (TPSA) is 47.9 Å². The lowest BCUT2D eigenvalue weighted by atomic mass is 10.2. The quantitative estimate of drug-likeness (QED) is 0.506. The molecule has 0 saturated carbocycles. The van der Waals surface area contributed by atoms with E-state index in [0.717, 1.165) is 4.47 Å². The fourth-order valence-electron chi connectivity index (χ4n) is 2.09. The summed E-state index contributed by atoms with van der Waals surface area (Å²) in [5, 5.41) is 0.848. The first kappa shape index (κ1) is 17.0. The van der Waals surface area contributed by atoms with Crippen LogP contribution in [0.3, 0.4) is 0 Å². The third-order valence-corrected chi connectivity index (χ3v) is 4.63. The molecular formula is C17H10BrCl2NO3. The number of carbonyl (C=O) groups is 1. The molecule has 0 radical (unpaired) electrons. The highest BCUT2D eigenvalue weighted by Gasteiger charge is 2.24. The highest BCUT2D eigenvalue weighted by Crippen LogP contribution is 2.28.